The van der Waals surface area contributed by atoms with Crippen molar-refractivity contribution in [1.29, 1.82) is 0 Å². The van der Waals surface area contributed by atoms with Gasteiger partial charge in [-0.05, 0) is 68.0 Å². The lowest BCUT2D eigenvalue weighted by Crippen LogP contribution is -2.29. The van der Waals surface area contributed by atoms with Gasteiger partial charge in [0, 0.05) is 18.0 Å². The maximum Gasteiger partial charge on any atom is 0.261 e. The molecule has 4 heteroatoms. The first kappa shape index (κ1) is 16.8. The summed E-state index contributed by atoms with van der Waals surface area (Å²) in [7, 11) is 0. The Balaban J connectivity index is 1.29. The number of nitrogens with one attached hydrogen (secondary N) is 1. The highest BCUT2D eigenvalue weighted by Crippen LogP contribution is 2.30. The highest BCUT2D eigenvalue weighted by Gasteiger charge is 2.18. The molecule has 1 N–H and O–H groups in total. The Hall–Kier alpha value is -1.65. The molecule has 1 saturated heterocycles. The summed E-state index contributed by atoms with van der Waals surface area (Å²) in [5, 5.41) is 3.07. The lowest BCUT2D eigenvalue weighted by Gasteiger charge is -2.26. The Morgan fingerprint density at radius 1 is 1.00 bits per heavy atom. The molecular formula is C21H26N2OS. The molecular weight excluding hydrogens is 328 g/mol. The highest BCUT2D eigenvalue weighted by atomic mass is 32.1. The average molecular weight is 355 g/mol. The maximum atomic E-state index is 12.3. The molecule has 1 fully saturated rings. The molecule has 3 nitrogen and oxygen atoms in total. The molecule has 2 aliphatic rings. The number of nitrogens with zero attached hydrogens (tertiary/aromatic N) is 1. The van der Waals surface area contributed by atoms with Crippen LogP contribution in [0.1, 0.15) is 56.9 Å². The van der Waals surface area contributed by atoms with Gasteiger partial charge in [-0.1, -0.05) is 30.7 Å². The van der Waals surface area contributed by atoms with E-state index in [0.29, 0.717) is 6.54 Å². The number of benzene rings is 1. The van der Waals surface area contributed by atoms with Gasteiger partial charge in [-0.25, -0.2) is 0 Å². The van der Waals surface area contributed by atoms with Crippen molar-refractivity contribution < 1.29 is 4.79 Å². The van der Waals surface area contributed by atoms with Gasteiger partial charge in [-0.2, -0.15) is 0 Å². The third-order valence-electron chi connectivity index (χ3n) is 5.30. The number of rotatable bonds is 5. The van der Waals surface area contributed by atoms with Crippen molar-refractivity contribution in [2.24, 2.45) is 0 Å². The molecule has 0 spiro atoms. The molecule has 0 unspecified atom stereocenters. The summed E-state index contributed by atoms with van der Waals surface area (Å²) in [5.41, 5.74) is 3.92. The van der Waals surface area contributed by atoms with Crippen molar-refractivity contribution in [2.45, 2.75) is 51.6 Å². The molecule has 1 aromatic heterocycles. The number of amides is 1. The summed E-state index contributed by atoms with van der Waals surface area (Å²) in [6, 6.07) is 10.8. The Morgan fingerprint density at radius 3 is 2.52 bits per heavy atom. The Kier molecular flexibility index (Phi) is 5.18. The molecule has 2 heterocycles. The van der Waals surface area contributed by atoms with Crippen LogP contribution in [0.15, 0.2) is 30.3 Å². The van der Waals surface area contributed by atoms with Gasteiger partial charge >= 0.3 is 0 Å². The zero-order chi connectivity index (χ0) is 17.1. The monoisotopic (exact) mass is 354 g/mol. The standard InChI is InChI=1S/C21H26N2OS/c24-21(20-13-18-5-4-6-19(18)25-20)22-14-16-7-9-17(10-8-16)15-23-11-2-1-3-12-23/h7-10,13H,1-6,11-12,14-15H2,(H,22,24). The number of aryl methyl sites for hydroxylation is 2. The number of hydrogen-bond acceptors (Lipinski definition) is 3. The molecule has 1 amide bonds. The zero-order valence-electron chi connectivity index (χ0n) is 14.7. The topological polar surface area (TPSA) is 32.3 Å². The molecule has 0 saturated carbocycles. The Bertz CT molecular complexity index is 707. The number of carbonyl (C=O) groups excluding carboxylic acids is 1. The van der Waals surface area contributed by atoms with Crippen molar-refractivity contribution in [3.8, 4) is 0 Å². The zero-order valence-corrected chi connectivity index (χ0v) is 15.5. The molecule has 0 bridgehead atoms. The molecule has 1 aromatic carbocycles. The SMILES string of the molecule is O=C(NCc1ccc(CN2CCCCC2)cc1)c1cc2c(s1)CCC2. The first-order valence-electron chi connectivity index (χ1n) is 9.48. The van der Waals surface area contributed by atoms with E-state index in [9.17, 15) is 4.79 Å². The third-order valence-corrected chi connectivity index (χ3v) is 6.54. The minimum absolute atomic E-state index is 0.0665. The van der Waals surface area contributed by atoms with Crippen LogP contribution in [-0.2, 0) is 25.9 Å². The van der Waals surface area contributed by atoms with Crippen LogP contribution < -0.4 is 5.32 Å². The first-order valence-corrected chi connectivity index (χ1v) is 10.3. The average Bonchev–Trinajstić information content (AvgIpc) is 3.24. The predicted octanol–water partition coefficient (Wildman–Crippen LogP) is 4.15. The summed E-state index contributed by atoms with van der Waals surface area (Å²) in [4.78, 5) is 17.2. The predicted molar refractivity (Wildman–Crippen MR) is 103 cm³/mol. The maximum absolute atomic E-state index is 12.3. The normalized spacial score (nSPS) is 17.4. The van der Waals surface area contributed by atoms with Crippen molar-refractivity contribution >= 4 is 17.2 Å². The number of piperidine rings is 1. The minimum atomic E-state index is 0.0665. The fourth-order valence-electron chi connectivity index (χ4n) is 3.85. The van der Waals surface area contributed by atoms with Crippen LogP contribution in [0.3, 0.4) is 0 Å². The lowest BCUT2D eigenvalue weighted by atomic mass is 10.1. The van der Waals surface area contributed by atoms with Crippen LogP contribution in [0, 0.1) is 0 Å². The van der Waals surface area contributed by atoms with E-state index in [2.05, 4.69) is 40.5 Å². The van der Waals surface area contributed by atoms with Gasteiger partial charge in [-0.3, -0.25) is 9.69 Å². The number of hydrogen-bond donors (Lipinski definition) is 1. The van der Waals surface area contributed by atoms with Crippen LogP contribution in [0.2, 0.25) is 0 Å². The third kappa shape index (κ3) is 4.13. The van der Waals surface area contributed by atoms with Gasteiger partial charge < -0.3 is 5.32 Å². The van der Waals surface area contributed by atoms with Gasteiger partial charge in [0.15, 0.2) is 0 Å². The molecule has 25 heavy (non-hydrogen) atoms. The summed E-state index contributed by atoms with van der Waals surface area (Å²) in [6.45, 7) is 4.10. The number of carbonyl (C=O) groups is 1. The van der Waals surface area contributed by atoms with E-state index in [1.807, 2.05) is 0 Å². The summed E-state index contributed by atoms with van der Waals surface area (Å²) in [6.07, 6.45) is 7.56. The fourth-order valence-corrected chi connectivity index (χ4v) is 5.02. The van der Waals surface area contributed by atoms with Gasteiger partial charge in [0.25, 0.3) is 5.91 Å². The second kappa shape index (κ2) is 7.71. The molecule has 4 rings (SSSR count). The van der Waals surface area contributed by atoms with Crippen LogP contribution in [0.25, 0.3) is 0 Å². The van der Waals surface area contributed by atoms with E-state index in [1.165, 1.54) is 60.3 Å². The van der Waals surface area contributed by atoms with Crippen LogP contribution in [0.5, 0.6) is 0 Å². The molecule has 1 aliphatic carbocycles. The fraction of sp³-hybridized carbons (Fsp3) is 0.476. The van der Waals surface area contributed by atoms with Gasteiger partial charge in [0.1, 0.15) is 0 Å². The Labute approximate surface area is 154 Å². The van der Waals surface area contributed by atoms with Crippen molar-refractivity contribution in [3.05, 3.63) is 56.8 Å². The first-order chi connectivity index (χ1) is 12.3. The summed E-state index contributed by atoms with van der Waals surface area (Å²) in [5.74, 6) is 0.0665. The van der Waals surface area contributed by atoms with Crippen LogP contribution >= 0.6 is 11.3 Å². The van der Waals surface area contributed by atoms with Crippen LogP contribution in [-0.4, -0.2) is 23.9 Å². The van der Waals surface area contributed by atoms with E-state index < -0.39 is 0 Å². The van der Waals surface area contributed by atoms with E-state index in [4.69, 9.17) is 0 Å². The van der Waals surface area contributed by atoms with Crippen molar-refractivity contribution in [1.82, 2.24) is 10.2 Å². The molecule has 2 aromatic rings. The van der Waals surface area contributed by atoms with Crippen molar-refractivity contribution in [3.63, 3.8) is 0 Å². The highest BCUT2D eigenvalue weighted by molar-refractivity contribution is 7.14. The number of thiophene rings is 1. The van der Waals surface area contributed by atoms with Gasteiger partial charge in [0.05, 0.1) is 4.88 Å². The van der Waals surface area contributed by atoms with Gasteiger partial charge in [0.2, 0.25) is 0 Å². The smallest absolute Gasteiger partial charge is 0.261 e. The molecule has 132 valence electrons. The van der Waals surface area contributed by atoms with Gasteiger partial charge in [-0.15, -0.1) is 11.3 Å². The quantitative estimate of drug-likeness (QED) is 0.875. The molecule has 0 radical (unpaired) electrons. The lowest BCUT2D eigenvalue weighted by molar-refractivity contribution is 0.0955. The second-order valence-corrected chi connectivity index (χ2v) is 8.39. The minimum Gasteiger partial charge on any atom is -0.347 e. The Morgan fingerprint density at radius 2 is 1.76 bits per heavy atom. The number of fused-ring (bicyclic) bond motifs is 1. The largest absolute Gasteiger partial charge is 0.347 e. The number of likely N-dealkylation sites (tertiary alicyclic amines) is 1. The summed E-state index contributed by atoms with van der Waals surface area (Å²) < 4.78 is 0. The second-order valence-electron chi connectivity index (χ2n) is 7.25. The van der Waals surface area contributed by atoms with Crippen LogP contribution in [0.4, 0.5) is 0 Å². The summed E-state index contributed by atoms with van der Waals surface area (Å²) >= 11 is 1.67. The van der Waals surface area contributed by atoms with E-state index >= 15 is 0 Å². The van der Waals surface area contributed by atoms with E-state index in [-0.39, 0.29) is 5.91 Å². The molecule has 0 atom stereocenters. The van der Waals surface area contributed by atoms with Crippen molar-refractivity contribution in [2.75, 3.05) is 13.1 Å². The molecule has 1 aliphatic heterocycles. The van der Waals surface area contributed by atoms with E-state index in [1.54, 1.807) is 11.3 Å². The van der Waals surface area contributed by atoms with E-state index in [0.717, 1.165) is 24.3 Å².